The van der Waals surface area contributed by atoms with Gasteiger partial charge in [-0.1, -0.05) is 30.3 Å². The summed E-state index contributed by atoms with van der Waals surface area (Å²) in [6.45, 7) is 5.31. The van der Waals surface area contributed by atoms with Gasteiger partial charge in [-0.3, -0.25) is 9.59 Å². The molecular formula is C29H32N2O5. The lowest BCUT2D eigenvalue weighted by Gasteiger charge is -2.38. The summed E-state index contributed by atoms with van der Waals surface area (Å²) in [6, 6.07) is 15.1. The van der Waals surface area contributed by atoms with Crippen LogP contribution in [0.2, 0.25) is 0 Å². The van der Waals surface area contributed by atoms with Gasteiger partial charge in [0.05, 0.1) is 13.7 Å². The number of furan rings is 1. The van der Waals surface area contributed by atoms with Gasteiger partial charge < -0.3 is 23.7 Å². The van der Waals surface area contributed by atoms with Crippen LogP contribution in [0.4, 0.5) is 0 Å². The second-order valence-corrected chi connectivity index (χ2v) is 9.60. The number of rotatable bonds is 6. The maximum Gasteiger partial charge on any atom is 0.289 e. The number of benzene rings is 2. The van der Waals surface area contributed by atoms with Crippen molar-refractivity contribution in [3.05, 3.63) is 65.9 Å². The highest BCUT2D eigenvalue weighted by Crippen LogP contribution is 2.41. The van der Waals surface area contributed by atoms with Gasteiger partial charge in [0.1, 0.15) is 5.75 Å². The van der Waals surface area contributed by atoms with E-state index in [2.05, 4.69) is 0 Å². The fraction of sp³-hybridized carbons (Fsp3) is 0.379. The maximum atomic E-state index is 13.2. The Morgan fingerprint density at radius 1 is 1.00 bits per heavy atom. The Hall–Kier alpha value is -3.74. The largest absolute Gasteiger partial charge is 0.493 e. The topological polar surface area (TPSA) is 72.2 Å². The van der Waals surface area contributed by atoms with Crippen molar-refractivity contribution in [1.29, 1.82) is 0 Å². The Balaban J connectivity index is 1.19. The zero-order valence-corrected chi connectivity index (χ0v) is 20.9. The van der Waals surface area contributed by atoms with Crippen LogP contribution < -0.4 is 9.47 Å². The third-order valence-electron chi connectivity index (χ3n) is 7.42. The van der Waals surface area contributed by atoms with E-state index in [1.807, 2.05) is 65.3 Å². The van der Waals surface area contributed by atoms with Crippen LogP contribution in [0.3, 0.4) is 0 Å². The number of amides is 2. The molecule has 2 amide bonds. The minimum Gasteiger partial charge on any atom is -0.493 e. The predicted octanol–water partition coefficient (Wildman–Crippen LogP) is 5.01. The summed E-state index contributed by atoms with van der Waals surface area (Å²) in [5, 5.41) is 0.857. The number of hydrogen-bond acceptors (Lipinski definition) is 5. The molecule has 0 aliphatic carbocycles. The summed E-state index contributed by atoms with van der Waals surface area (Å²) in [5.74, 6) is 1.67. The van der Waals surface area contributed by atoms with Crippen LogP contribution in [0.15, 0.2) is 59.0 Å². The maximum absolute atomic E-state index is 13.2. The van der Waals surface area contributed by atoms with Crippen LogP contribution in [0.5, 0.6) is 11.5 Å². The van der Waals surface area contributed by atoms with Gasteiger partial charge in [0.25, 0.3) is 5.91 Å². The lowest BCUT2D eigenvalue weighted by atomic mass is 9.78. The molecule has 2 saturated heterocycles. The summed E-state index contributed by atoms with van der Waals surface area (Å²) in [7, 11) is 1.59. The van der Waals surface area contributed by atoms with Crippen LogP contribution in [0, 0.1) is 5.41 Å². The van der Waals surface area contributed by atoms with Gasteiger partial charge in [0.2, 0.25) is 5.91 Å². The Labute approximate surface area is 211 Å². The Bertz CT molecular complexity index is 1290. The number of hydrogen-bond donors (Lipinski definition) is 0. The van der Waals surface area contributed by atoms with E-state index in [1.165, 1.54) is 0 Å². The summed E-state index contributed by atoms with van der Waals surface area (Å²) in [6.07, 6.45) is 6.19. The van der Waals surface area contributed by atoms with Crippen molar-refractivity contribution in [3.8, 4) is 11.5 Å². The van der Waals surface area contributed by atoms with Gasteiger partial charge in [-0.25, -0.2) is 0 Å². The number of methoxy groups -OCH3 is 1. The van der Waals surface area contributed by atoms with Gasteiger partial charge in [-0.2, -0.15) is 0 Å². The molecule has 3 aromatic rings. The van der Waals surface area contributed by atoms with Crippen molar-refractivity contribution in [2.24, 2.45) is 5.41 Å². The number of para-hydroxylation sites is 2. The van der Waals surface area contributed by atoms with Gasteiger partial charge in [0, 0.05) is 43.2 Å². The first kappa shape index (κ1) is 24.0. The first-order valence-corrected chi connectivity index (χ1v) is 12.6. The third kappa shape index (κ3) is 4.70. The molecule has 0 unspecified atom stereocenters. The van der Waals surface area contributed by atoms with E-state index in [1.54, 1.807) is 19.3 Å². The normalized spacial score (nSPS) is 17.3. The van der Waals surface area contributed by atoms with Crippen LogP contribution in [0.1, 0.15) is 42.3 Å². The Morgan fingerprint density at radius 2 is 1.72 bits per heavy atom. The monoisotopic (exact) mass is 488 g/mol. The zero-order valence-electron chi connectivity index (χ0n) is 20.9. The van der Waals surface area contributed by atoms with E-state index >= 15 is 0 Å². The lowest BCUT2D eigenvalue weighted by molar-refractivity contribution is -0.128. The number of ether oxygens (including phenoxy) is 2. The van der Waals surface area contributed by atoms with Crippen LogP contribution in [-0.4, -0.2) is 61.5 Å². The van der Waals surface area contributed by atoms with Crippen LogP contribution in [0.25, 0.3) is 17.0 Å². The summed E-state index contributed by atoms with van der Waals surface area (Å²) in [5.41, 5.74) is 1.55. The lowest BCUT2D eigenvalue weighted by Crippen LogP contribution is -2.44. The van der Waals surface area contributed by atoms with Crippen molar-refractivity contribution in [2.45, 2.75) is 26.2 Å². The second kappa shape index (κ2) is 10.1. The molecule has 7 heteroatoms. The molecule has 1 spiro atoms. The molecule has 0 atom stereocenters. The molecule has 0 radical (unpaired) electrons. The standard InChI is InChI=1S/C29H32N2O5/c1-3-35-23-9-5-4-7-21(23)11-12-26(32)30-16-13-29(14-17-30)15-18-31(20-29)28(33)25-19-22-8-6-10-24(34-2)27(22)36-25/h4-12,19H,3,13-18,20H2,1-2H3/b12-11+. The third-order valence-corrected chi connectivity index (χ3v) is 7.42. The fourth-order valence-corrected chi connectivity index (χ4v) is 5.35. The number of likely N-dealkylation sites (tertiary alicyclic amines) is 2. The molecule has 2 aromatic carbocycles. The Kier molecular flexibility index (Phi) is 6.72. The van der Waals surface area contributed by atoms with Gasteiger partial charge >= 0.3 is 0 Å². The molecule has 2 aliphatic heterocycles. The zero-order chi connectivity index (χ0) is 25.1. The van der Waals surface area contributed by atoms with E-state index in [-0.39, 0.29) is 17.2 Å². The summed E-state index contributed by atoms with van der Waals surface area (Å²) < 4.78 is 16.9. The van der Waals surface area contributed by atoms with E-state index in [0.717, 1.165) is 36.0 Å². The predicted molar refractivity (Wildman–Crippen MR) is 138 cm³/mol. The van der Waals surface area contributed by atoms with Crippen molar-refractivity contribution < 1.29 is 23.5 Å². The molecule has 36 heavy (non-hydrogen) atoms. The minimum absolute atomic E-state index is 0.0123. The van der Waals surface area contributed by atoms with Crippen molar-refractivity contribution in [1.82, 2.24) is 9.80 Å². The highest BCUT2D eigenvalue weighted by molar-refractivity contribution is 5.97. The quantitative estimate of drug-likeness (QED) is 0.456. The van der Waals surface area contributed by atoms with Crippen molar-refractivity contribution in [3.63, 3.8) is 0 Å². The van der Waals surface area contributed by atoms with Crippen LogP contribution in [-0.2, 0) is 4.79 Å². The molecule has 0 bridgehead atoms. The first-order chi connectivity index (χ1) is 17.5. The van der Waals surface area contributed by atoms with E-state index in [0.29, 0.717) is 49.9 Å². The first-order valence-electron chi connectivity index (χ1n) is 12.6. The van der Waals surface area contributed by atoms with Crippen LogP contribution >= 0.6 is 0 Å². The number of piperidine rings is 1. The summed E-state index contributed by atoms with van der Waals surface area (Å²) >= 11 is 0. The van der Waals surface area contributed by atoms with Crippen molar-refractivity contribution in [2.75, 3.05) is 39.9 Å². The molecule has 3 heterocycles. The molecule has 0 N–H and O–H groups in total. The van der Waals surface area contributed by atoms with Gasteiger partial charge in [0.15, 0.2) is 17.1 Å². The van der Waals surface area contributed by atoms with E-state index in [4.69, 9.17) is 13.9 Å². The SMILES string of the molecule is CCOc1ccccc1/C=C/C(=O)N1CCC2(CC1)CCN(C(=O)c1cc3cccc(OC)c3o1)C2. The van der Waals surface area contributed by atoms with E-state index in [9.17, 15) is 9.59 Å². The van der Waals surface area contributed by atoms with Crippen molar-refractivity contribution >= 4 is 28.9 Å². The molecular weight excluding hydrogens is 456 g/mol. The number of carbonyl (C=O) groups is 2. The summed E-state index contributed by atoms with van der Waals surface area (Å²) in [4.78, 5) is 29.9. The smallest absolute Gasteiger partial charge is 0.289 e. The number of nitrogens with zero attached hydrogens (tertiary/aromatic N) is 2. The fourth-order valence-electron chi connectivity index (χ4n) is 5.35. The molecule has 188 valence electrons. The average molecular weight is 489 g/mol. The van der Waals surface area contributed by atoms with E-state index < -0.39 is 0 Å². The minimum atomic E-state index is -0.0838. The number of fused-ring (bicyclic) bond motifs is 1. The second-order valence-electron chi connectivity index (χ2n) is 9.60. The molecule has 0 saturated carbocycles. The van der Waals surface area contributed by atoms with Gasteiger partial charge in [-0.05, 0) is 55.9 Å². The molecule has 2 aliphatic rings. The molecule has 7 nitrogen and oxygen atoms in total. The molecule has 2 fully saturated rings. The molecule has 1 aromatic heterocycles. The highest BCUT2D eigenvalue weighted by atomic mass is 16.5. The number of carbonyl (C=O) groups excluding carboxylic acids is 2. The van der Waals surface area contributed by atoms with Gasteiger partial charge in [-0.15, -0.1) is 0 Å². The highest BCUT2D eigenvalue weighted by Gasteiger charge is 2.43. The molecule has 5 rings (SSSR count). The average Bonchev–Trinajstić information content (AvgIpc) is 3.53. The Morgan fingerprint density at radius 3 is 2.47 bits per heavy atom.